The average Bonchev–Trinajstić information content (AvgIpc) is 3.17. The van der Waals surface area contributed by atoms with Gasteiger partial charge in [0.15, 0.2) is 0 Å². The van der Waals surface area contributed by atoms with Gasteiger partial charge in [-0.05, 0) is 43.0 Å². The van der Waals surface area contributed by atoms with Crippen molar-refractivity contribution in [1.29, 1.82) is 0 Å². The second-order valence-electron chi connectivity index (χ2n) is 8.53. The minimum Gasteiger partial charge on any atom is -0.445 e. The fourth-order valence-electron chi connectivity index (χ4n) is 3.84. The summed E-state index contributed by atoms with van der Waals surface area (Å²) in [5, 5.41) is 6.70. The molecule has 0 fully saturated rings. The number of ether oxygens (including phenoxy) is 1. The summed E-state index contributed by atoms with van der Waals surface area (Å²) in [5.41, 5.74) is 15.1. The van der Waals surface area contributed by atoms with Crippen molar-refractivity contribution in [2.24, 2.45) is 11.5 Å². The Morgan fingerprint density at radius 1 is 1.06 bits per heavy atom. The Kier molecular flexibility index (Phi) is 9.25. The normalized spacial score (nSPS) is 11.7. The first-order valence-corrected chi connectivity index (χ1v) is 11.7. The molecular weight excluding hydrogens is 446 g/mol. The van der Waals surface area contributed by atoms with Crippen LogP contribution >= 0.6 is 0 Å². The van der Waals surface area contributed by atoms with E-state index in [1.807, 2.05) is 37.3 Å². The third-order valence-corrected chi connectivity index (χ3v) is 5.63. The zero-order valence-electron chi connectivity index (χ0n) is 20.0. The van der Waals surface area contributed by atoms with E-state index < -0.39 is 18.0 Å². The van der Waals surface area contributed by atoms with E-state index in [1.54, 1.807) is 0 Å². The maximum atomic E-state index is 12.1. The maximum Gasteiger partial charge on any atom is 0.407 e. The van der Waals surface area contributed by atoms with Crippen molar-refractivity contribution >= 4 is 28.8 Å². The van der Waals surface area contributed by atoms with Crippen molar-refractivity contribution in [3.8, 4) is 0 Å². The van der Waals surface area contributed by atoms with Gasteiger partial charge in [-0.2, -0.15) is 0 Å². The number of aryl methyl sites for hydroxylation is 2. The molecule has 6 N–H and O–H groups in total. The summed E-state index contributed by atoms with van der Waals surface area (Å²) in [4.78, 5) is 34.9. The van der Waals surface area contributed by atoms with E-state index >= 15 is 0 Å². The van der Waals surface area contributed by atoms with E-state index in [0.29, 0.717) is 32.5 Å². The lowest BCUT2D eigenvalue weighted by molar-refractivity contribution is -0.126. The van der Waals surface area contributed by atoms with Crippen LogP contribution in [0.15, 0.2) is 54.7 Å². The molecule has 9 nitrogen and oxygen atoms in total. The largest absolute Gasteiger partial charge is 0.445 e. The summed E-state index contributed by atoms with van der Waals surface area (Å²) in [6, 6.07) is 14.9. The molecule has 1 heterocycles. The minimum absolute atomic E-state index is 0.176. The molecule has 1 aromatic heterocycles. The highest BCUT2D eigenvalue weighted by Gasteiger charge is 2.15. The van der Waals surface area contributed by atoms with Crippen molar-refractivity contribution in [1.82, 2.24) is 15.2 Å². The van der Waals surface area contributed by atoms with E-state index in [-0.39, 0.29) is 18.9 Å². The fourth-order valence-corrected chi connectivity index (χ4v) is 3.84. The summed E-state index contributed by atoms with van der Waals surface area (Å²) in [6.45, 7) is 3.85. The van der Waals surface area contributed by atoms with Crippen LogP contribution < -0.4 is 22.1 Å². The number of nitrogens with one attached hydrogen (secondary N) is 2. The number of nitrogens with two attached hydrogens (primary N) is 2. The number of hydrogen-bond donors (Lipinski definition) is 4. The van der Waals surface area contributed by atoms with Crippen molar-refractivity contribution in [2.45, 2.75) is 45.4 Å². The molecule has 3 rings (SSSR count). The summed E-state index contributed by atoms with van der Waals surface area (Å²) in [5.74, 6) is -0.990. The zero-order valence-corrected chi connectivity index (χ0v) is 20.0. The van der Waals surface area contributed by atoms with Crippen LogP contribution in [-0.2, 0) is 33.9 Å². The number of fused-ring (bicyclic) bond motifs is 1. The lowest BCUT2D eigenvalue weighted by Crippen LogP contribution is -2.43. The number of nitrogens with zero attached hydrogens (tertiary/aromatic N) is 1. The van der Waals surface area contributed by atoms with Gasteiger partial charge in [0.1, 0.15) is 6.61 Å². The molecule has 2 aromatic carbocycles. The molecule has 0 bridgehead atoms. The Hall–Kier alpha value is -3.85. The van der Waals surface area contributed by atoms with Crippen molar-refractivity contribution < 1.29 is 19.1 Å². The molecule has 0 unspecified atom stereocenters. The highest BCUT2D eigenvalue weighted by molar-refractivity contribution is 5.87. The smallest absolute Gasteiger partial charge is 0.407 e. The molecule has 0 aliphatic heterocycles. The van der Waals surface area contributed by atoms with Gasteiger partial charge < -0.3 is 31.4 Å². The number of primary amides is 1. The van der Waals surface area contributed by atoms with Gasteiger partial charge in [-0.15, -0.1) is 0 Å². The van der Waals surface area contributed by atoms with Gasteiger partial charge >= 0.3 is 6.09 Å². The predicted molar refractivity (Wildman–Crippen MR) is 134 cm³/mol. The molecule has 1 atom stereocenters. The topological polar surface area (TPSA) is 141 Å². The van der Waals surface area contributed by atoms with E-state index in [0.717, 1.165) is 27.6 Å². The highest BCUT2D eigenvalue weighted by Crippen LogP contribution is 2.23. The quantitative estimate of drug-likeness (QED) is 0.295. The molecule has 186 valence electrons. The van der Waals surface area contributed by atoms with E-state index in [1.165, 1.54) is 0 Å². The van der Waals surface area contributed by atoms with Crippen LogP contribution in [0.4, 0.5) is 4.79 Å². The lowest BCUT2D eigenvalue weighted by atomic mass is 10.1. The van der Waals surface area contributed by atoms with E-state index in [9.17, 15) is 14.4 Å². The molecule has 0 aliphatic carbocycles. The van der Waals surface area contributed by atoms with Crippen molar-refractivity contribution in [3.05, 3.63) is 71.4 Å². The Balaban J connectivity index is 1.52. The lowest BCUT2D eigenvalue weighted by Gasteiger charge is -2.11. The van der Waals surface area contributed by atoms with Gasteiger partial charge in [-0.3, -0.25) is 9.59 Å². The Labute approximate surface area is 204 Å². The number of alkyl carbamates (subject to hydrolysis) is 1. The number of rotatable bonds is 12. The molecule has 0 radical (unpaired) electrons. The SMILES string of the molecule is Cc1ccc2c(c1)c(CCNC(=O)OCc1ccccc1)cn2CCCNC(=O)[C@@H](N)CC(N)=O. The molecule has 9 heteroatoms. The van der Waals surface area contributed by atoms with Gasteiger partial charge in [-0.1, -0.05) is 42.0 Å². The Bertz CT molecular complexity index is 1160. The molecule has 0 saturated heterocycles. The van der Waals surface area contributed by atoms with Gasteiger partial charge in [0, 0.05) is 36.7 Å². The Morgan fingerprint density at radius 3 is 2.57 bits per heavy atom. The fraction of sp³-hybridized carbons (Fsp3) is 0.346. The third kappa shape index (κ3) is 7.86. The van der Waals surface area contributed by atoms with Crippen LogP contribution in [0.3, 0.4) is 0 Å². The van der Waals surface area contributed by atoms with Gasteiger partial charge in [0.05, 0.1) is 12.5 Å². The monoisotopic (exact) mass is 479 g/mol. The van der Waals surface area contributed by atoms with Crippen LogP contribution in [0.2, 0.25) is 0 Å². The first-order valence-electron chi connectivity index (χ1n) is 11.7. The molecule has 3 amide bonds. The summed E-state index contributed by atoms with van der Waals surface area (Å²) in [6.07, 6.45) is 2.81. The van der Waals surface area contributed by atoms with Crippen molar-refractivity contribution in [2.75, 3.05) is 13.1 Å². The Morgan fingerprint density at radius 2 is 1.83 bits per heavy atom. The first-order chi connectivity index (χ1) is 16.8. The molecule has 0 spiro atoms. The number of amides is 3. The van der Waals surface area contributed by atoms with Crippen LogP contribution in [0.5, 0.6) is 0 Å². The highest BCUT2D eigenvalue weighted by atomic mass is 16.5. The van der Waals surface area contributed by atoms with Gasteiger partial charge in [0.25, 0.3) is 0 Å². The molecule has 0 aliphatic rings. The number of hydrogen-bond acceptors (Lipinski definition) is 5. The van der Waals surface area contributed by atoms with Crippen LogP contribution in [0.1, 0.15) is 29.5 Å². The summed E-state index contributed by atoms with van der Waals surface area (Å²) >= 11 is 0. The number of carbonyl (C=O) groups excluding carboxylic acids is 3. The van der Waals surface area contributed by atoms with Gasteiger partial charge in [0.2, 0.25) is 11.8 Å². The number of benzene rings is 2. The summed E-state index contributed by atoms with van der Waals surface area (Å²) in [7, 11) is 0. The standard InChI is InChI=1S/C26H33N5O4/c1-18-8-9-23-21(14-18)20(10-12-30-26(34)35-17-19-6-3-2-4-7-19)16-31(23)13-5-11-29-25(33)22(27)15-24(28)32/h2-4,6-9,14,16,22H,5,10-13,15,17,27H2,1H3,(H2,28,32)(H,29,33)(H,30,34)/t22-/m0/s1. The van der Waals surface area contributed by atoms with Crippen LogP contribution in [0, 0.1) is 6.92 Å². The van der Waals surface area contributed by atoms with E-state index in [4.69, 9.17) is 16.2 Å². The van der Waals surface area contributed by atoms with Crippen LogP contribution in [0.25, 0.3) is 10.9 Å². The summed E-state index contributed by atoms with van der Waals surface area (Å²) < 4.78 is 7.42. The minimum atomic E-state index is -0.929. The second-order valence-corrected chi connectivity index (χ2v) is 8.53. The van der Waals surface area contributed by atoms with Crippen LogP contribution in [-0.4, -0.2) is 41.6 Å². The second kappa shape index (κ2) is 12.6. The van der Waals surface area contributed by atoms with E-state index in [2.05, 4.69) is 39.6 Å². The third-order valence-electron chi connectivity index (χ3n) is 5.63. The predicted octanol–water partition coefficient (Wildman–Crippen LogP) is 2.13. The molecule has 35 heavy (non-hydrogen) atoms. The average molecular weight is 480 g/mol. The maximum absolute atomic E-state index is 12.1. The first kappa shape index (κ1) is 25.8. The molecule has 3 aromatic rings. The molecule has 0 saturated carbocycles. The van der Waals surface area contributed by atoms with Crippen molar-refractivity contribution in [3.63, 3.8) is 0 Å². The number of carbonyl (C=O) groups is 3. The zero-order chi connectivity index (χ0) is 25.2. The number of aromatic nitrogens is 1. The molecular formula is C26H33N5O4. The van der Waals surface area contributed by atoms with Gasteiger partial charge in [-0.25, -0.2) is 4.79 Å².